The van der Waals surface area contributed by atoms with Crippen LogP contribution in [0.15, 0.2) is 30.3 Å². The lowest BCUT2D eigenvalue weighted by atomic mass is 9.88. The van der Waals surface area contributed by atoms with Crippen LogP contribution in [0.25, 0.3) is 16.9 Å². The van der Waals surface area contributed by atoms with E-state index >= 15 is 8.78 Å². The molecule has 1 aliphatic heterocycles. The molecule has 0 saturated carbocycles. The number of rotatable bonds is 5. The number of nitrogens with two attached hydrogens (primary N) is 1. The van der Waals surface area contributed by atoms with Crippen LogP contribution in [-0.2, 0) is 30.5 Å². The molecule has 2 aromatic carbocycles. The highest BCUT2D eigenvalue weighted by atomic mass is 19.1. The number of hydrogen-bond donors (Lipinski definition) is 2. The van der Waals surface area contributed by atoms with Crippen LogP contribution in [0.3, 0.4) is 0 Å². The third-order valence-electron chi connectivity index (χ3n) is 7.07. The Kier molecular flexibility index (Phi) is 7.66. The van der Waals surface area contributed by atoms with Gasteiger partial charge in [-0.05, 0) is 64.7 Å². The van der Waals surface area contributed by atoms with Crippen molar-refractivity contribution < 1.29 is 23.1 Å². The number of aromatic nitrogens is 2. The summed E-state index contributed by atoms with van der Waals surface area (Å²) in [6, 6.07) is 6.89. The van der Waals surface area contributed by atoms with Crippen molar-refractivity contribution in [1.82, 2.24) is 14.7 Å². The molecule has 40 heavy (non-hydrogen) atoms. The van der Waals surface area contributed by atoms with Gasteiger partial charge in [-0.1, -0.05) is 32.0 Å². The maximum Gasteiger partial charge on any atom is 0.411 e. The van der Waals surface area contributed by atoms with Gasteiger partial charge < -0.3 is 15.8 Å². The number of nitrogens with one attached hydrogen (secondary N) is 1. The van der Waals surface area contributed by atoms with Crippen LogP contribution in [-0.4, -0.2) is 37.9 Å². The summed E-state index contributed by atoms with van der Waals surface area (Å²) in [7, 11) is 0. The van der Waals surface area contributed by atoms with E-state index in [-0.39, 0.29) is 17.8 Å². The number of urea groups is 1. The van der Waals surface area contributed by atoms with Gasteiger partial charge in [0.15, 0.2) is 0 Å². The first-order valence-corrected chi connectivity index (χ1v) is 13.4. The summed E-state index contributed by atoms with van der Waals surface area (Å²) in [5.41, 5.74) is 7.80. The molecular formula is C30H37F2N5O3. The molecule has 214 valence electrons. The number of ether oxygens (including phenoxy) is 1. The number of amides is 3. The standard InChI is InChI=1S/C30H37F2N5O3/c1-8-17-11-10-12-18(9-2)25(17)37-26(19-13-22(32)23(14-21(19)31)34-27(33)38)20-16-36(28(39)40-29(3,4)5)30(6,7)15-24(20)35-37/h10-14H,8-9,15-16H2,1-7H3,(H3,33,34,38). The van der Waals surface area contributed by atoms with Gasteiger partial charge in [0.25, 0.3) is 0 Å². The van der Waals surface area contributed by atoms with Gasteiger partial charge in [0.1, 0.15) is 17.2 Å². The number of aryl methyl sites for hydroxylation is 2. The van der Waals surface area contributed by atoms with E-state index < -0.39 is 34.9 Å². The third-order valence-corrected chi connectivity index (χ3v) is 7.07. The summed E-state index contributed by atoms with van der Waals surface area (Å²) < 4.78 is 38.4. The first-order chi connectivity index (χ1) is 18.7. The minimum atomic E-state index is -1.01. The number of carbonyl (C=O) groups is 2. The van der Waals surface area contributed by atoms with Crippen molar-refractivity contribution >= 4 is 17.8 Å². The third kappa shape index (κ3) is 5.52. The zero-order chi connectivity index (χ0) is 29.6. The molecule has 0 radical (unpaired) electrons. The second kappa shape index (κ2) is 10.6. The Morgan fingerprint density at radius 2 is 1.73 bits per heavy atom. The molecule has 3 aromatic rings. The molecule has 1 aliphatic rings. The van der Waals surface area contributed by atoms with Crippen LogP contribution >= 0.6 is 0 Å². The minimum absolute atomic E-state index is 0.0434. The summed E-state index contributed by atoms with van der Waals surface area (Å²) in [4.78, 5) is 26.3. The largest absolute Gasteiger partial charge is 0.444 e. The zero-order valence-corrected chi connectivity index (χ0v) is 24.1. The van der Waals surface area contributed by atoms with E-state index in [1.165, 1.54) is 0 Å². The van der Waals surface area contributed by atoms with Gasteiger partial charge in [0.2, 0.25) is 0 Å². The summed E-state index contributed by atoms with van der Waals surface area (Å²) in [5.74, 6) is -1.62. The molecule has 10 heteroatoms. The number of halogens is 2. The molecule has 3 amide bonds. The van der Waals surface area contributed by atoms with Crippen LogP contribution in [0.2, 0.25) is 0 Å². The fourth-order valence-corrected chi connectivity index (χ4v) is 5.19. The zero-order valence-electron chi connectivity index (χ0n) is 24.1. The lowest BCUT2D eigenvalue weighted by Gasteiger charge is -2.42. The second-order valence-electron chi connectivity index (χ2n) is 11.7. The van der Waals surface area contributed by atoms with Gasteiger partial charge in [-0.2, -0.15) is 5.10 Å². The van der Waals surface area contributed by atoms with Crippen LogP contribution in [0.4, 0.5) is 24.1 Å². The topological polar surface area (TPSA) is 102 Å². The average Bonchev–Trinajstić information content (AvgIpc) is 3.19. The van der Waals surface area contributed by atoms with Gasteiger partial charge in [-0.15, -0.1) is 0 Å². The van der Waals surface area contributed by atoms with Crippen molar-refractivity contribution in [1.29, 1.82) is 0 Å². The Hall–Kier alpha value is -3.95. The maximum atomic E-state index is 15.8. The molecule has 0 fully saturated rings. The van der Waals surface area contributed by atoms with E-state index in [9.17, 15) is 9.59 Å². The number of anilines is 1. The molecule has 0 saturated heterocycles. The lowest BCUT2D eigenvalue weighted by molar-refractivity contribution is -0.00265. The summed E-state index contributed by atoms with van der Waals surface area (Å²) in [6.07, 6.45) is 1.27. The number of carbonyl (C=O) groups excluding carboxylic acids is 2. The fourth-order valence-electron chi connectivity index (χ4n) is 5.19. The van der Waals surface area contributed by atoms with Crippen LogP contribution < -0.4 is 11.1 Å². The fraction of sp³-hybridized carbons (Fsp3) is 0.433. The van der Waals surface area contributed by atoms with Gasteiger partial charge >= 0.3 is 12.1 Å². The molecule has 1 aromatic heterocycles. The van der Waals surface area contributed by atoms with Crippen molar-refractivity contribution in [3.63, 3.8) is 0 Å². The number of fused-ring (bicyclic) bond motifs is 1. The Morgan fingerprint density at radius 3 is 2.27 bits per heavy atom. The minimum Gasteiger partial charge on any atom is -0.444 e. The Labute approximate surface area is 233 Å². The molecule has 0 spiro atoms. The molecule has 8 nitrogen and oxygen atoms in total. The first kappa shape index (κ1) is 29.0. The van der Waals surface area contributed by atoms with E-state index in [2.05, 4.69) is 5.32 Å². The molecule has 3 N–H and O–H groups in total. The predicted octanol–water partition coefficient (Wildman–Crippen LogP) is 6.50. The summed E-state index contributed by atoms with van der Waals surface area (Å²) in [5, 5.41) is 7.10. The highest BCUT2D eigenvalue weighted by Crippen LogP contribution is 2.41. The van der Waals surface area contributed by atoms with Gasteiger partial charge in [0.05, 0.1) is 29.3 Å². The molecule has 2 heterocycles. The molecule has 4 rings (SSSR count). The number of benzene rings is 2. The molecule has 0 bridgehead atoms. The lowest BCUT2D eigenvalue weighted by Crippen LogP contribution is -2.52. The number of primary amides is 1. The molecular weight excluding hydrogens is 516 g/mol. The van der Waals surface area contributed by atoms with Crippen molar-refractivity contribution in [2.75, 3.05) is 5.32 Å². The van der Waals surface area contributed by atoms with Crippen LogP contribution in [0.5, 0.6) is 0 Å². The molecule has 0 unspecified atom stereocenters. The average molecular weight is 554 g/mol. The molecule has 0 aliphatic carbocycles. The van der Waals surface area contributed by atoms with Crippen LogP contribution in [0, 0.1) is 11.6 Å². The quantitative estimate of drug-likeness (QED) is 0.376. The highest BCUT2D eigenvalue weighted by Gasteiger charge is 2.42. The smallest absolute Gasteiger partial charge is 0.411 e. The number of para-hydroxylation sites is 1. The maximum absolute atomic E-state index is 15.8. The van der Waals surface area contributed by atoms with Crippen molar-refractivity contribution in [3.8, 4) is 16.9 Å². The van der Waals surface area contributed by atoms with Gasteiger partial charge in [0, 0.05) is 29.2 Å². The van der Waals surface area contributed by atoms with Crippen molar-refractivity contribution in [3.05, 3.63) is 64.4 Å². The van der Waals surface area contributed by atoms with E-state index in [4.69, 9.17) is 15.6 Å². The SMILES string of the molecule is CCc1cccc(CC)c1-n1nc2c(c1-c1cc(F)c(NC(N)=O)cc1F)CN(C(=O)OC(C)(C)C)C(C)(C)C2. The van der Waals surface area contributed by atoms with Gasteiger partial charge in [-0.25, -0.2) is 23.1 Å². The number of nitrogens with zero attached hydrogens (tertiary/aromatic N) is 3. The Morgan fingerprint density at radius 1 is 1.10 bits per heavy atom. The highest BCUT2D eigenvalue weighted by molar-refractivity contribution is 5.88. The van der Waals surface area contributed by atoms with Gasteiger partial charge in [-0.3, -0.25) is 4.90 Å². The van der Waals surface area contributed by atoms with E-state index in [1.807, 2.05) is 45.9 Å². The number of hydrogen-bond acceptors (Lipinski definition) is 4. The summed E-state index contributed by atoms with van der Waals surface area (Å²) in [6.45, 7) is 13.4. The monoisotopic (exact) mass is 553 g/mol. The van der Waals surface area contributed by atoms with E-state index in [1.54, 1.807) is 30.4 Å². The first-order valence-electron chi connectivity index (χ1n) is 13.4. The second-order valence-corrected chi connectivity index (χ2v) is 11.7. The summed E-state index contributed by atoms with van der Waals surface area (Å²) >= 11 is 0. The predicted molar refractivity (Wildman–Crippen MR) is 150 cm³/mol. The normalized spacial score (nSPS) is 14.6. The van der Waals surface area contributed by atoms with Crippen molar-refractivity contribution in [2.45, 2.75) is 85.4 Å². The van der Waals surface area contributed by atoms with Crippen molar-refractivity contribution in [2.24, 2.45) is 5.73 Å². The Balaban J connectivity index is 2.01. The van der Waals surface area contributed by atoms with E-state index in [0.717, 1.165) is 28.9 Å². The molecule has 0 atom stereocenters. The van der Waals surface area contributed by atoms with Crippen LogP contribution in [0.1, 0.15) is 70.9 Å². The van der Waals surface area contributed by atoms with E-state index in [0.29, 0.717) is 36.2 Å². The Bertz CT molecular complexity index is 1450.